The molecule has 6 nitrogen and oxygen atoms in total. The van der Waals surface area contributed by atoms with E-state index in [2.05, 4.69) is 10.6 Å². The van der Waals surface area contributed by atoms with Crippen LogP contribution >= 0.6 is 0 Å². The summed E-state index contributed by atoms with van der Waals surface area (Å²) in [7, 11) is 0. The molecule has 0 aliphatic heterocycles. The van der Waals surface area contributed by atoms with E-state index >= 15 is 0 Å². The number of hydrogen-bond donors (Lipinski definition) is 2. The van der Waals surface area contributed by atoms with Crippen LogP contribution < -0.4 is 10.6 Å². The number of nitro groups is 1. The van der Waals surface area contributed by atoms with Crippen LogP contribution in [-0.2, 0) is 11.3 Å². The number of nitrogens with one attached hydrogen (secondary N) is 2. The standard InChI is InChI=1S/C13H19N3O3/c1-10(2)15-13(17)6-7-14-9-11-4-3-5-12(8-11)16(18)19/h3-5,8,10,14H,6-7,9H2,1-2H3,(H,15,17). The molecule has 1 rings (SSSR count). The average molecular weight is 265 g/mol. The van der Waals surface area contributed by atoms with Gasteiger partial charge in [0.2, 0.25) is 5.91 Å². The molecule has 0 radical (unpaired) electrons. The van der Waals surface area contributed by atoms with Crippen molar-refractivity contribution in [3.05, 3.63) is 39.9 Å². The maximum atomic E-state index is 11.4. The van der Waals surface area contributed by atoms with Crippen LogP contribution in [0.3, 0.4) is 0 Å². The van der Waals surface area contributed by atoms with Gasteiger partial charge in [0, 0.05) is 37.7 Å². The van der Waals surface area contributed by atoms with Gasteiger partial charge in [-0.3, -0.25) is 14.9 Å². The summed E-state index contributed by atoms with van der Waals surface area (Å²) in [6, 6.07) is 6.60. The lowest BCUT2D eigenvalue weighted by Crippen LogP contribution is -2.32. The molecule has 0 heterocycles. The minimum absolute atomic E-state index is 0.00143. The zero-order valence-electron chi connectivity index (χ0n) is 11.2. The molecule has 0 fully saturated rings. The van der Waals surface area contributed by atoms with Crippen molar-refractivity contribution < 1.29 is 9.72 Å². The molecule has 1 amide bonds. The molecular formula is C13H19N3O3. The third-order valence-electron chi connectivity index (χ3n) is 2.43. The second kappa shape index (κ2) is 7.48. The Bertz CT molecular complexity index is 447. The number of nitro benzene ring substituents is 1. The summed E-state index contributed by atoms with van der Waals surface area (Å²) >= 11 is 0. The Morgan fingerprint density at radius 3 is 2.79 bits per heavy atom. The molecule has 104 valence electrons. The number of benzene rings is 1. The van der Waals surface area contributed by atoms with Crippen LogP contribution in [0, 0.1) is 10.1 Å². The van der Waals surface area contributed by atoms with Crippen LogP contribution in [0.4, 0.5) is 5.69 Å². The number of rotatable bonds is 7. The molecule has 0 bridgehead atoms. The molecule has 0 atom stereocenters. The van der Waals surface area contributed by atoms with Crippen molar-refractivity contribution in [1.82, 2.24) is 10.6 Å². The Balaban J connectivity index is 2.31. The van der Waals surface area contributed by atoms with Gasteiger partial charge in [0.15, 0.2) is 0 Å². The average Bonchev–Trinajstić information content (AvgIpc) is 2.34. The van der Waals surface area contributed by atoms with E-state index in [0.717, 1.165) is 5.56 Å². The van der Waals surface area contributed by atoms with Gasteiger partial charge in [0.25, 0.3) is 5.69 Å². The molecule has 0 aliphatic carbocycles. The summed E-state index contributed by atoms with van der Waals surface area (Å²) in [6.45, 7) is 4.88. The van der Waals surface area contributed by atoms with Gasteiger partial charge in [-0.15, -0.1) is 0 Å². The van der Waals surface area contributed by atoms with Crippen LogP contribution in [0.5, 0.6) is 0 Å². The molecule has 0 aliphatic rings. The Kier molecular flexibility index (Phi) is 5.95. The summed E-state index contributed by atoms with van der Waals surface area (Å²) in [5.41, 5.74) is 0.912. The Morgan fingerprint density at radius 2 is 2.16 bits per heavy atom. The zero-order chi connectivity index (χ0) is 14.3. The van der Waals surface area contributed by atoms with Crippen LogP contribution in [0.1, 0.15) is 25.8 Å². The van der Waals surface area contributed by atoms with Gasteiger partial charge in [-0.05, 0) is 19.4 Å². The highest BCUT2D eigenvalue weighted by atomic mass is 16.6. The summed E-state index contributed by atoms with van der Waals surface area (Å²) in [4.78, 5) is 21.6. The molecule has 1 aromatic rings. The van der Waals surface area contributed by atoms with Crippen LogP contribution in [-0.4, -0.2) is 23.4 Å². The molecule has 19 heavy (non-hydrogen) atoms. The van der Waals surface area contributed by atoms with Gasteiger partial charge in [-0.2, -0.15) is 0 Å². The van der Waals surface area contributed by atoms with Crippen LogP contribution in [0.25, 0.3) is 0 Å². The van der Waals surface area contributed by atoms with Crippen molar-refractivity contribution in [1.29, 1.82) is 0 Å². The number of nitrogens with zero attached hydrogens (tertiary/aromatic N) is 1. The van der Waals surface area contributed by atoms with Crippen LogP contribution in [0.15, 0.2) is 24.3 Å². The molecule has 2 N–H and O–H groups in total. The summed E-state index contributed by atoms with van der Waals surface area (Å²) in [6.07, 6.45) is 0.396. The molecular weight excluding hydrogens is 246 g/mol. The van der Waals surface area contributed by atoms with Gasteiger partial charge in [-0.25, -0.2) is 0 Å². The largest absolute Gasteiger partial charge is 0.354 e. The molecule has 1 aromatic carbocycles. The first-order valence-corrected chi connectivity index (χ1v) is 6.22. The number of non-ortho nitro benzene ring substituents is 1. The highest BCUT2D eigenvalue weighted by molar-refractivity contribution is 5.76. The lowest BCUT2D eigenvalue weighted by molar-refractivity contribution is -0.384. The van der Waals surface area contributed by atoms with E-state index in [9.17, 15) is 14.9 Å². The fourth-order valence-corrected chi connectivity index (χ4v) is 1.61. The first-order chi connectivity index (χ1) is 8.99. The van der Waals surface area contributed by atoms with Gasteiger partial charge in [-0.1, -0.05) is 12.1 Å². The third kappa shape index (κ3) is 5.96. The fraction of sp³-hybridized carbons (Fsp3) is 0.462. The second-order valence-corrected chi connectivity index (χ2v) is 4.58. The van der Waals surface area contributed by atoms with Crippen molar-refractivity contribution in [2.24, 2.45) is 0 Å². The second-order valence-electron chi connectivity index (χ2n) is 4.58. The predicted octanol–water partition coefficient (Wildman–Crippen LogP) is 1.60. The Hall–Kier alpha value is -1.95. The Morgan fingerprint density at radius 1 is 1.42 bits per heavy atom. The number of carbonyl (C=O) groups is 1. The van der Waals surface area contributed by atoms with E-state index in [4.69, 9.17) is 0 Å². The molecule has 0 saturated carbocycles. The summed E-state index contributed by atoms with van der Waals surface area (Å²) in [5.74, 6) is 0.00143. The van der Waals surface area contributed by atoms with Crippen molar-refractivity contribution in [3.8, 4) is 0 Å². The SMILES string of the molecule is CC(C)NC(=O)CCNCc1cccc([N+](=O)[O-])c1. The Labute approximate surface area is 112 Å². The molecule has 0 aromatic heterocycles. The van der Waals surface area contributed by atoms with Crippen molar-refractivity contribution in [3.63, 3.8) is 0 Å². The first kappa shape index (κ1) is 15.1. The highest BCUT2D eigenvalue weighted by Gasteiger charge is 2.06. The van der Waals surface area contributed by atoms with Crippen molar-refractivity contribution in [2.45, 2.75) is 32.9 Å². The van der Waals surface area contributed by atoms with Gasteiger partial charge < -0.3 is 10.6 Å². The van der Waals surface area contributed by atoms with Gasteiger partial charge in [0.05, 0.1) is 4.92 Å². The van der Waals surface area contributed by atoms with Crippen molar-refractivity contribution in [2.75, 3.05) is 6.54 Å². The minimum Gasteiger partial charge on any atom is -0.354 e. The number of amides is 1. The lowest BCUT2D eigenvalue weighted by atomic mass is 10.2. The smallest absolute Gasteiger partial charge is 0.269 e. The van der Waals surface area contributed by atoms with Crippen molar-refractivity contribution >= 4 is 11.6 Å². The molecule has 0 unspecified atom stereocenters. The quantitative estimate of drug-likeness (QED) is 0.445. The maximum absolute atomic E-state index is 11.4. The van der Waals surface area contributed by atoms with E-state index in [1.165, 1.54) is 12.1 Å². The minimum atomic E-state index is -0.417. The van der Waals surface area contributed by atoms with Gasteiger partial charge >= 0.3 is 0 Å². The van der Waals surface area contributed by atoms with E-state index in [1.54, 1.807) is 6.07 Å². The van der Waals surface area contributed by atoms with E-state index in [-0.39, 0.29) is 17.6 Å². The van der Waals surface area contributed by atoms with E-state index in [1.807, 2.05) is 19.9 Å². The first-order valence-electron chi connectivity index (χ1n) is 6.22. The monoisotopic (exact) mass is 265 g/mol. The maximum Gasteiger partial charge on any atom is 0.269 e. The number of hydrogen-bond acceptors (Lipinski definition) is 4. The highest BCUT2D eigenvalue weighted by Crippen LogP contribution is 2.12. The summed E-state index contributed by atoms with van der Waals surface area (Å²) in [5, 5.41) is 16.5. The third-order valence-corrected chi connectivity index (χ3v) is 2.43. The van der Waals surface area contributed by atoms with Crippen LogP contribution in [0.2, 0.25) is 0 Å². The molecule has 0 saturated heterocycles. The topological polar surface area (TPSA) is 84.3 Å². The number of carbonyl (C=O) groups excluding carboxylic acids is 1. The molecule has 0 spiro atoms. The molecule has 6 heteroatoms. The zero-order valence-corrected chi connectivity index (χ0v) is 11.2. The van der Waals surface area contributed by atoms with E-state index < -0.39 is 4.92 Å². The lowest BCUT2D eigenvalue weighted by Gasteiger charge is -2.08. The fourth-order valence-electron chi connectivity index (χ4n) is 1.61. The van der Waals surface area contributed by atoms with Gasteiger partial charge in [0.1, 0.15) is 0 Å². The predicted molar refractivity (Wildman–Crippen MR) is 72.7 cm³/mol. The summed E-state index contributed by atoms with van der Waals surface area (Å²) < 4.78 is 0. The normalized spacial score (nSPS) is 10.5. The van der Waals surface area contributed by atoms with E-state index in [0.29, 0.717) is 19.5 Å².